The molecule has 1 saturated carbocycles. The second-order valence-corrected chi connectivity index (χ2v) is 9.53. The molecule has 2 atom stereocenters. The molecule has 1 aliphatic carbocycles. The Hall–Kier alpha value is -2.61. The van der Waals surface area contributed by atoms with E-state index in [4.69, 9.17) is 4.74 Å². The first kappa shape index (κ1) is 24.5. The summed E-state index contributed by atoms with van der Waals surface area (Å²) in [5, 5.41) is 3.25. The van der Waals surface area contributed by atoms with Crippen molar-refractivity contribution in [1.82, 2.24) is 15.2 Å². The average molecular weight is 476 g/mol. The van der Waals surface area contributed by atoms with Crippen molar-refractivity contribution in [2.45, 2.75) is 57.3 Å². The third-order valence-electron chi connectivity index (χ3n) is 6.74. The molecule has 1 N–H and O–H groups in total. The molecule has 1 amide bonds. The summed E-state index contributed by atoms with van der Waals surface area (Å²) < 4.78 is 44.9. The second-order valence-electron chi connectivity index (χ2n) is 9.53. The molecule has 1 aromatic carbocycles. The van der Waals surface area contributed by atoms with E-state index in [1.807, 2.05) is 12.1 Å². The summed E-state index contributed by atoms with van der Waals surface area (Å²) in [6, 6.07) is 9.13. The van der Waals surface area contributed by atoms with Crippen LogP contribution in [0.3, 0.4) is 0 Å². The van der Waals surface area contributed by atoms with Gasteiger partial charge in [0, 0.05) is 44.0 Å². The summed E-state index contributed by atoms with van der Waals surface area (Å²) >= 11 is 0. The molecule has 2 aromatic rings. The topological polar surface area (TPSA) is 54.5 Å². The summed E-state index contributed by atoms with van der Waals surface area (Å²) in [4.78, 5) is 19.4. The van der Waals surface area contributed by atoms with E-state index in [1.54, 1.807) is 18.5 Å². The van der Waals surface area contributed by atoms with E-state index < -0.39 is 11.7 Å². The van der Waals surface area contributed by atoms with Gasteiger partial charge in [0.15, 0.2) is 0 Å². The summed E-state index contributed by atoms with van der Waals surface area (Å²) in [5.41, 5.74) is 0.388. The van der Waals surface area contributed by atoms with E-state index in [-0.39, 0.29) is 36.1 Å². The molecule has 0 unspecified atom stereocenters. The number of nitrogens with one attached hydrogen (secondary N) is 1. The number of likely N-dealkylation sites (tertiary alicyclic amines) is 1. The Bertz CT molecular complexity index is 932. The number of rotatable bonds is 7. The maximum Gasteiger partial charge on any atom is 0.416 e. The van der Waals surface area contributed by atoms with Crippen LogP contribution in [0.5, 0.6) is 5.75 Å². The molecule has 1 aliphatic heterocycles. The Kier molecular flexibility index (Phi) is 8.08. The average Bonchev–Trinajstić information content (AvgIpc) is 2.83. The number of alkyl halides is 3. The largest absolute Gasteiger partial charge is 0.493 e. The van der Waals surface area contributed by atoms with Crippen LogP contribution in [0, 0.1) is 11.8 Å². The predicted molar refractivity (Wildman–Crippen MR) is 123 cm³/mol. The Balaban J connectivity index is 1.41. The molecule has 0 radical (unpaired) electrons. The lowest BCUT2D eigenvalue weighted by atomic mass is 9.87. The third kappa shape index (κ3) is 6.95. The molecular weight excluding hydrogens is 443 g/mol. The normalized spacial score (nSPS) is 22.3. The van der Waals surface area contributed by atoms with Crippen molar-refractivity contribution in [3.63, 3.8) is 0 Å². The fraction of sp³-hybridized carbons (Fsp3) is 0.538. The first-order chi connectivity index (χ1) is 16.4. The molecule has 4 rings (SSSR count). The standard InChI is InChI=1S/C26H32F3N3O2/c27-26(28,29)22-5-4-8-24(14-22)34-18-20-13-21(25(33)31-23-6-2-1-3-7-23)17-32(16-20)15-19-9-11-30-12-10-19/h4-5,8-12,14,20-21,23H,1-3,6-7,13,15-18H2,(H,31,33)/t20-,21+/m0/s1. The van der Waals surface area contributed by atoms with E-state index in [0.717, 1.165) is 43.4 Å². The lowest BCUT2D eigenvalue weighted by Gasteiger charge is -2.38. The first-order valence-electron chi connectivity index (χ1n) is 12.1. The number of aromatic nitrogens is 1. The van der Waals surface area contributed by atoms with Crippen molar-refractivity contribution in [2.24, 2.45) is 11.8 Å². The minimum Gasteiger partial charge on any atom is -0.493 e. The molecule has 1 saturated heterocycles. The molecule has 0 bridgehead atoms. The number of carbonyl (C=O) groups excluding carboxylic acids is 1. The van der Waals surface area contributed by atoms with Crippen molar-refractivity contribution in [1.29, 1.82) is 0 Å². The minimum atomic E-state index is -4.41. The monoisotopic (exact) mass is 475 g/mol. The van der Waals surface area contributed by atoms with Gasteiger partial charge in [0.2, 0.25) is 5.91 Å². The molecule has 34 heavy (non-hydrogen) atoms. The number of nitrogens with zero attached hydrogens (tertiary/aromatic N) is 2. The highest BCUT2D eigenvalue weighted by Gasteiger charge is 2.34. The van der Waals surface area contributed by atoms with Gasteiger partial charge < -0.3 is 10.1 Å². The Labute approximate surface area is 198 Å². The molecule has 2 heterocycles. The zero-order valence-corrected chi connectivity index (χ0v) is 19.3. The number of amides is 1. The summed E-state index contributed by atoms with van der Waals surface area (Å²) in [7, 11) is 0. The van der Waals surface area contributed by atoms with E-state index in [9.17, 15) is 18.0 Å². The lowest BCUT2D eigenvalue weighted by molar-refractivity contribution is -0.137. The summed E-state index contributed by atoms with van der Waals surface area (Å²) in [6.45, 7) is 2.33. The molecule has 2 aliphatic rings. The molecule has 1 aromatic heterocycles. The first-order valence-corrected chi connectivity index (χ1v) is 12.1. The number of pyridine rings is 1. The predicted octanol–water partition coefficient (Wildman–Crippen LogP) is 5.07. The lowest BCUT2D eigenvalue weighted by Crippen LogP contribution is -2.49. The third-order valence-corrected chi connectivity index (χ3v) is 6.74. The van der Waals surface area contributed by atoms with Gasteiger partial charge in [-0.3, -0.25) is 14.7 Å². The van der Waals surface area contributed by atoms with Gasteiger partial charge >= 0.3 is 6.18 Å². The van der Waals surface area contributed by atoms with Gasteiger partial charge in [0.05, 0.1) is 18.1 Å². The van der Waals surface area contributed by atoms with Gasteiger partial charge in [-0.25, -0.2) is 0 Å². The van der Waals surface area contributed by atoms with Crippen molar-refractivity contribution in [3.05, 3.63) is 59.9 Å². The number of hydrogen-bond acceptors (Lipinski definition) is 4. The highest BCUT2D eigenvalue weighted by Crippen LogP contribution is 2.32. The maximum absolute atomic E-state index is 13.1. The second kappa shape index (κ2) is 11.2. The van der Waals surface area contributed by atoms with Crippen LogP contribution >= 0.6 is 0 Å². The van der Waals surface area contributed by atoms with Gasteiger partial charge in [0.1, 0.15) is 5.75 Å². The fourth-order valence-electron chi connectivity index (χ4n) is 5.03. The van der Waals surface area contributed by atoms with Gasteiger partial charge in [-0.2, -0.15) is 13.2 Å². The van der Waals surface area contributed by atoms with Crippen LogP contribution < -0.4 is 10.1 Å². The van der Waals surface area contributed by atoms with Crippen molar-refractivity contribution in [3.8, 4) is 5.75 Å². The molecular formula is C26H32F3N3O2. The van der Waals surface area contributed by atoms with E-state index in [2.05, 4.69) is 15.2 Å². The smallest absolute Gasteiger partial charge is 0.416 e. The quantitative estimate of drug-likeness (QED) is 0.608. The Morgan fingerprint density at radius 2 is 1.85 bits per heavy atom. The van der Waals surface area contributed by atoms with Crippen molar-refractivity contribution in [2.75, 3.05) is 19.7 Å². The number of carbonyl (C=O) groups is 1. The molecule has 2 fully saturated rings. The van der Waals surface area contributed by atoms with Gasteiger partial charge in [0.25, 0.3) is 0 Å². The van der Waals surface area contributed by atoms with E-state index in [1.165, 1.54) is 12.5 Å². The van der Waals surface area contributed by atoms with Crippen LogP contribution in [-0.2, 0) is 17.5 Å². The fourth-order valence-corrected chi connectivity index (χ4v) is 5.03. The van der Waals surface area contributed by atoms with Crippen LogP contribution in [0.1, 0.15) is 49.7 Å². The molecule has 0 spiro atoms. The zero-order valence-electron chi connectivity index (χ0n) is 19.3. The highest BCUT2D eigenvalue weighted by molar-refractivity contribution is 5.79. The Morgan fingerprint density at radius 1 is 1.09 bits per heavy atom. The van der Waals surface area contributed by atoms with E-state index in [0.29, 0.717) is 26.1 Å². The van der Waals surface area contributed by atoms with Gasteiger partial charge in [-0.15, -0.1) is 0 Å². The van der Waals surface area contributed by atoms with Crippen LogP contribution in [0.4, 0.5) is 13.2 Å². The van der Waals surface area contributed by atoms with Crippen molar-refractivity contribution < 1.29 is 22.7 Å². The minimum absolute atomic E-state index is 0.0345. The molecule has 5 nitrogen and oxygen atoms in total. The van der Waals surface area contributed by atoms with Crippen LogP contribution in [-0.4, -0.2) is 41.5 Å². The van der Waals surface area contributed by atoms with Crippen molar-refractivity contribution >= 4 is 5.91 Å². The van der Waals surface area contributed by atoms with E-state index >= 15 is 0 Å². The number of halogens is 3. The molecule has 184 valence electrons. The SMILES string of the molecule is O=C(NC1CCCCC1)[C@@H]1C[C@H](COc2cccc(C(F)(F)F)c2)CN(Cc2ccncc2)C1. The number of piperidine rings is 1. The Morgan fingerprint density at radius 3 is 2.59 bits per heavy atom. The summed E-state index contributed by atoms with van der Waals surface area (Å²) in [5.74, 6) is 0.138. The zero-order chi connectivity index (χ0) is 24.0. The number of benzene rings is 1. The number of ether oxygens (including phenoxy) is 1. The summed E-state index contributed by atoms with van der Waals surface area (Å²) in [6.07, 6.45) is 5.33. The van der Waals surface area contributed by atoms with Crippen LogP contribution in [0.2, 0.25) is 0 Å². The van der Waals surface area contributed by atoms with Crippen LogP contribution in [0.25, 0.3) is 0 Å². The highest BCUT2D eigenvalue weighted by atomic mass is 19.4. The van der Waals surface area contributed by atoms with Gasteiger partial charge in [-0.1, -0.05) is 25.3 Å². The molecule has 8 heteroatoms. The van der Waals surface area contributed by atoms with Crippen LogP contribution in [0.15, 0.2) is 48.8 Å². The number of hydrogen-bond donors (Lipinski definition) is 1. The van der Waals surface area contributed by atoms with Gasteiger partial charge in [-0.05, 0) is 55.2 Å². The maximum atomic E-state index is 13.1.